The number of hydrogen-bond donors (Lipinski definition) is 0. The lowest BCUT2D eigenvalue weighted by Crippen LogP contribution is -2.38. The Kier molecular flexibility index (Phi) is 4.26. The largest absolute Gasteiger partial charge is 0.452 e. The number of carbonyl (C=O) groups excluding carboxylic acids is 2. The molecule has 0 saturated heterocycles. The van der Waals surface area contributed by atoms with E-state index in [2.05, 4.69) is 0 Å². The molecule has 0 fully saturated rings. The van der Waals surface area contributed by atoms with Crippen molar-refractivity contribution in [2.75, 3.05) is 18.1 Å². The van der Waals surface area contributed by atoms with Crippen LogP contribution in [0.25, 0.3) is 0 Å². The zero-order valence-corrected chi connectivity index (χ0v) is 14.2. The summed E-state index contributed by atoms with van der Waals surface area (Å²) in [6, 6.07) is 13.6. The van der Waals surface area contributed by atoms with Gasteiger partial charge in [0.05, 0.1) is 5.56 Å². The molecule has 1 heterocycles. The fourth-order valence-electron chi connectivity index (χ4n) is 3.78. The summed E-state index contributed by atoms with van der Waals surface area (Å²) in [6.07, 6.45) is 5.15. The Morgan fingerprint density at radius 3 is 2.64 bits per heavy atom. The van der Waals surface area contributed by atoms with Crippen molar-refractivity contribution in [1.82, 2.24) is 0 Å². The SMILES string of the molecule is O=C(OCC(=O)N1CCCc2ccccc21)c1ccc2c(c1)CCC2. The van der Waals surface area contributed by atoms with Gasteiger partial charge in [0.1, 0.15) is 0 Å². The third-order valence-corrected chi connectivity index (χ3v) is 5.07. The van der Waals surface area contributed by atoms with E-state index >= 15 is 0 Å². The maximum atomic E-state index is 12.5. The topological polar surface area (TPSA) is 46.6 Å². The lowest BCUT2D eigenvalue weighted by atomic mass is 10.0. The first-order chi connectivity index (χ1) is 12.2. The van der Waals surface area contributed by atoms with E-state index in [1.54, 1.807) is 11.0 Å². The average molecular weight is 335 g/mol. The van der Waals surface area contributed by atoms with Gasteiger partial charge in [0.2, 0.25) is 0 Å². The molecule has 4 rings (SSSR count). The van der Waals surface area contributed by atoms with Crippen LogP contribution in [-0.4, -0.2) is 25.0 Å². The van der Waals surface area contributed by atoms with Crippen molar-refractivity contribution in [3.8, 4) is 0 Å². The van der Waals surface area contributed by atoms with E-state index in [1.165, 1.54) is 16.7 Å². The molecule has 0 atom stereocenters. The van der Waals surface area contributed by atoms with Crippen LogP contribution < -0.4 is 4.90 Å². The van der Waals surface area contributed by atoms with E-state index in [0.717, 1.165) is 37.8 Å². The highest BCUT2D eigenvalue weighted by Gasteiger charge is 2.23. The van der Waals surface area contributed by atoms with Crippen LogP contribution in [0.5, 0.6) is 0 Å². The normalized spacial score (nSPS) is 15.4. The van der Waals surface area contributed by atoms with Gasteiger partial charge in [-0.2, -0.15) is 0 Å². The molecule has 0 aromatic heterocycles. The van der Waals surface area contributed by atoms with E-state index in [4.69, 9.17) is 4.74 Å². The van der Waals surface area contributed by atoms with Crippen LogP contribution in [0.2, 0.25) is 0 Å². The van der Waals surface area contributed by atoms with Gasteiger partial charge >= 0.3 is 5.97 Å². The van der Waals surface area contributed by atoms with Gasteiger partial charge in [0.25, 0.3) is 5.91 Å². The lowest BCUT2D eigenvalue weighted by molar-refractivity contribution is -0.121. The minimum atomic E-state index is -0.423. The molecule has 0 radical (unpaired) electrons. The average Bonchev–Trinajstić information content (AvgIpc) is 3.13. The molecule has 2 aromatic carbocycles. The molecule has 2 aliphatic rings. The van der Waals surface area contributed by atoms with Gasteiger partial charge in [-0.05, 0) is 67.0 Å². The van der Waals surface area contributed by atoms with Crippen LogP contribution in [0, 0.1) is 0 Å². The standard InChI is InChI=1S/C21H21NO3/c23-20(22-12-4-8-16-5-1-2-9-19(16)22)14-25-21(24)18-11-10-15-6-3-7-17(15)13-18/h1-2,5,9-11,13H,3-4,6-8,12,14H2. The summed E-state index contributed by atoms with van der Waals surface area (Å²) >= 11 is 0. The molecule has 0 spiro atoms. The zero-order chi connectivity index (χ0) is 17.2. The molecule has 0 saturated carbocycles. The predicted molar refractivity (Wildman–Crippen MR) is 95.9 cm³/mol. The van der Waals surface area contributed by atoms with Crippen LogP contribution in [-0.2, 0) is 28.8 Å². The Balaban J connectivity index is 1.42. The van der Waals surface area contributed by atoms with Crippen LogP contribution in [0.3, 0.4) is 0 Å². The maximum absolute atomic E-state index is 12.5. The Labute approximate surface area is 147 Å². The minimum absolute atomic E-state index is 0.165. The number of rotatable bonds is 3. The summed E-state index contributed by atoms with van der Waals surface area (Å²) in [5, 5.41) is 0. The summed E-state index contributed by atoms with van der Waals surface area (Å²) < 4.78 is 5.29. The van der Waals surface area contributed by atoms with Gasteiger partial charge in [-0.1, -0.05) is 24.3 Å². The van der Waals surface area contributed by atoms with Gasteiger partial charge in [0.15, 0.2) is 6.61 Å². The fourth-order valence-corrected chi connectivity index (χ4v) is 3.78. The molecule has 1 aliphatic carbocycles. The molecule has 2 aromatic rings. The molecule has 1 aliphatic heterocycles. The number of amides is 1. The number of anilines is 1. The molecule has 1 amide bonds. The first-order valence-corrected chi connectivity index (χ1v) is 8.89. The highest BCUT2D eigenvalue weighted by molar-refractivity contribution is 5.98. The van der Waals surface area contributed by atoms with Gasteiger partial charge in [-0.25, -0.2) is 4.79 Å². The molecule has 4 nitrogen and oxygen atoms in total. The number of aryl methyl sites for hydroxylation is 3. The molecule has 4 heteroatoms. The quantitative estimate of drug-likeness (QED) is 0.809. The van der Waals surface area contributed by atoms with Crippen molar-refractivity contribution in [3.63, 3.8) is 0 Å². The number of hydrogen-bond acceptors (Lipinski definition) is 3. The Morgan fingerprint density at radius 1 is 0.920 bits per heavy atom. The van der Waals surface area contributed by atoms with E-state index in [1.807, 2.05) is 36.4 Å². The smallest absolute Gasteiger partial charge is 0.338 e. The predicted octanol–water partition coefficient (Wildman–Crippen LogP) is 3.31. The number of fused-ring (bicyclic) bond motifs is 2. The number of benzene rings is 2. The second kappa shape index (κ2) is 6.71. The van der Waals surface area contributed by atoms with Crippen LogP contribution in [0.15, 0.2) is 42.5 Å². The first-order valence-electron chi connectivity index (χ1n) is 8.89. The van der Waals surface area contributed by atoms with Gasteiger partial charge in [0, 0.05) is 12.2 Å². The number of ether oxygens (including phenoxy) is 1. The van der Waals surface area contributed by atoms with Gasteiger partial charge in [-0.15, -0.1) is 0 Å². The third kappa shape index (κ3) is 3.16. The van der Waals surface area contributed by atoms with Crippen molar-refractivity contribution >= 4 is 17.6 Å². The second-order valence-electron chi connectivity index (χ2n) is 6.69. The molecule has 25 heavy (non-hydrogen) atoms. The zero-order valence-electron chi connectivity index (χ0n) is 14.2. The Bertz CT molecular complexity index is 828. The lowest BCUT2D eigenvalue weighted by Gasteiger charge is -2.29. The Hall–Kier alpha value is -2.62. The molecule has 0 N–H and O–H groups in total. The number of carbonyl (C=O) groups is 2. The molecular formula is C21H21NO3. The molecule has 128 valence electrons. The number of nitrogens with zero attached hydrogens (tertiary/aromatic N) is 1. The fraction of sp³-hybridized carbons (Fsp3) is 0.333. The van der Waals surface area contributed by atoms with E-state index in [0.29, 0.717) is 12.1 Å². The van der Waals surface area contributed by atoms with Crippen molar-refractivity contribution in [2.24, 2.45) is 0 Å². The van der Waals surface area contributed by atoms with Crippen molar-refractivity contribution in [3.05, 3.63) is 64.7 Å². The number of esters is 1. The van der Waals surface area contributed by atoms with E-state index in [9.17, 15) is 9.59 Å². The summed E-state index contributed by atoms with van der Waals surface area (Å²) in [5.41, 5.74) is 5.19. The third-order valence-electron chi connectivity index (χ3n) is 5.07. The van der Waals surface area contributed by atoms with E-state index < -0.39 is 5.97 Å². The molecule has 0 unspecified atom stereocenters. The summed E-state index contributed by atoms with van der Waals surface area (Å²) in [5.74, 6) is -0.588. The summed E-state index contributed by atoms with van der Waals surface area (Å²) in [7, 11) is 0. The van der Waals surface area contributed by atoms with Crippen molar-refractivity contribution < 1.29 is 14.3 Å². The second-order valence-corrected chi connectivity index (χ2v) is 6.69. The van der Waals surface area contributed by atoms with Gasteiger partial charge in [-0.3, -0.25) is 4.79 Å². The van der Waals surface area contributed by atoms with Crippen LogP contribution in [0.4, 0.5) is 5.69 Å². The summed E-state index contributed by atoms with van der Waals surface area (Å²) in [6.45, 7) is 0.455. The molecular weight excluding hydrogens is 314 g/mol. The van der Waals surface area contributed by atoms with Gasteiger partial charge < -0.3 is 9.64 Å². The first kappa shape index (κ1) is 15.9. The van der Waals surface area contributed by atoms with Crippen LogP contribution in [0.1, 0.15) is 39.9 Å². The maximum Gasteiger partial charge on any atom is 0.338 e. The van der Waals surface area contributed by atoms with E-state index in [-0.39, 0.29) is 12.5 Å². The monoisotopic (exact) mass is 335 g/mol. The Morgan fingerprint density at radius 2 is 1.72 bits per heavy atom. The highest BCUT2D eigenvalue weighted by Crippen LogP contribution is 2.27. The number of para-hydroxylation sites is 1. The minimum Gasteiger partial charge on any atom is -0.452 e. The van der Waals surface area contributed by atoms with Crippen molar-refractivity contribution in [1.29, 1.82) is 0 Å². The van der Waals surface area contributed by atoms with Crippen LogP contribution >= 0.6 is 0 Å². The summed E-state index contributed by atoms with van der Waals surface area (Å²) in [4.78, 5) is 26.5. The van der Waals surface area contributed by atoms with Crippen molar-refractivity contribution in [2.45, 2.75) is 32.1 Å². The highest BCUT2D eigenvalue weighted by atomic mass is 16.5. The molecule has 0 bridgehead atoms.